The summed E-state index contributed by atoms with van der Waals surface area (Å²) < 4.78 is 8.79. The van der Waals surface area contributed by atoms with E-state index in [2.05, 4.69) is 4.94 Å². The van der Waals surface area contributed by atoms with E-state index >= 15 is 0 Å². The molecule has 0 bridgehead atoms. The first-order chi connectivity index (χ1) is 7.16. The molecule has 4 heteroatoms. The monoisotopic (exact) mass is 288 g/mol. The van der Waals surface area contributed by atoms with E-state index < -0.39 is 0 Å². The summed E-state index contributed by atoms with van der Waals surface area (Å²) in [4.78, 5) is 2.14. The van der Waals surface area contributed by atoms with Crippen molar-refractivity contribution in [2.24, 2.45) is 0 Å². The molecule has 0 amide bonds. The van der Waals surface area contributed by atoms with Crippen LogP contribution in [0.3, 0.4) is 0 Å². The first-order valence-electron chi connectivity index (χ1n) is 4.52. The maximum atomic E-state index is 5.83. The Morgan fingerprint density at radius 1 is 1.20 bits per heavy atom. The van der Waals surface area contributed by atoms with Crippen LogP contribution in [-0.2, 0) is 0 Å². The molecule has 2 nitrogen and oxygen atoms in total. The van der Waals surface area contributed by atoms with E-state index in [-0.39, 0.29) is 0 Å². The Labute approximate surface area is 99.2 Å². The Hall–Kier alpha value is -0.761. The van der Waals surface area contributed by atoms with Crippen molar-refractivity contribution in [3.63, 3.8) is 0 Å². The van der Waals surface area contributed by atoms with Gasteiger partial charge in [0, 0.05) is 0 Å². The molecule has 78 valence electrons. The van der Waals surface area contributed by atoms with Gasteiger partial charge in [-0.15, -0.1) is 0 Å². The van der Waals surface area contributed by atoms with Gasteiger partial charge in [0.2, 0.25) is 0 Å². The topological polar surface area (TPSA) is 16.1 Å². The van der Waals surface area contributed by atoms with Gasteiger partial charge in [-0.2, -0.15) is 0 Å². The van der Waals surface area contributed by atoms with Gasteiger partial charge in [-0.3, -0.25) is 0 Å². The number of halogens is 1. The summed E-state index contributed by atoms with van der Waals surface area (Å²) in [7, 11) is 3.99. The zero-order chi connectivity index (χ0) is 10.8. The summed E-state index contributed by atoms with van der Waals surface area (Å²) in [5, 5.41) is 0.750. The normalized spacial score (nSPS) is 10.3. The number of hydrogen-bond acceptors (Lipinski definition) is 1. The molecular weight excluding hydrogens is 277 g/mol. The Morgan fingerprint density at radius 2 is 1.87 bits per heavy atom. The predicted molar refractivity (Wildman–Crippen MR) is 63.2 cm³/mol. The van der Waals surface area contributed by atoms with E-state index in [0.29, 0.717) is 14.5 Å². The third-order valence-electron chi connectivity index (χ3n) is 1.96. The molecule has 1 aromatic carbocycles. The van der Waals surface area contributed by atoms with Gasteiger partial charge in [-0.1, -0.05) is 0 Å². The minimum absolute atomic E-state index is 0.304. The van der Waals surface area contributed by atoms with Gasteiger partial charge in [-0.25, -0.2) is 0 Å². The minimum atomic E-state index is 0.304. The van der Waals surface area contributed by atoms with Gasteiger partial charge in [0.25, 0.3) is 0 Å². The molecule has 1 aromatic heterocycles. The molecule has 0 aliphatic carbocycles. The van der Waals surface area contributed by atoms with Gasteiger partial charge in [0.15, 0.2) is 0 Å². The Kier molecular flexibility index (Phi) is 3.15. The zero-order valence-corrected chi connectivity index (χ0v) is 11.0. The molecule has 0 radical (unpaired) electrons. The van der Waals surface area contributed by atoms with Crippen LogP contribution in [0, 0.1) is 0 Å². The fourth-order valence-corrected chi connectivity index (χ4v) is 2.86. The number of rotatable bonds is 1. The van der Waals surface area contributed by atoms with Gasteiger partial charge >= 0.3 is 99.2 Å². The van der Waals surface area contributed by atoms with E-state index in [1.165, 1.54) is 0 Å². The summed E-state index contributed by atoms with van der Waals surface area (Å²) in [6.45, 7) is 0. The molecule has 0 spiro atoms. The van der Waals surface area contributed by atoms with Crippen molar-refractivity contribution < 1.29 is 4.42 Å². The first-order valence-corrected chi connectivity index (χ1v) is 6.74. The van der Waals surface area contributed by atoms with E-state index in [9.17, 15) is 0 Å². The summed E-state index contributed by atoms with van der Waals surface area (Å²) in [6.07, 6.45) is 0. The van der Waals surface area contributed by atoms with Crippen molar-refractivity contribution in [1.82, 2.24) is 4.58 Å². The van der Waals surface area contributed by atoms with Crippen molar-refractivity contribution >= 4 is 26.1 Å². The van der Waals surface area contributed by atoms with Crippen LogP contribution < -0.4 is 9.00 Å². The molecule has 1 heterocycles. The summed E-state index contributed by atoms with van der Waals surface area (Å²) in [6, 6.07) is 7.70. The van der Waals surface area contributed by atoms with Crippen LogP contribution in [0.4, 0.5) is 0 Å². The molecule has 0 unspecified atom stereocenters. The first kappa shape index (κ1) is 10.7. The summed E-state index contributed by atoms with van der Waals surface area (Å²) in [5.41, 5.74) is 1.08. The van der Waals surface area contributed by atoms with Gasteiger partial charge in [0.1, 0.15) is 0 Å². The van der Waals surface area contributed by atoms with Gasteiger partial charge < -0.3 is 0 Å². The Morgan fingerprint density at radius 3 is 2.40 bits per heavy atom. The average molecular weight is 288 g/mol. The molecule has 0 saturated heterocycles. The third kappa shape index (κ3) is 2.43. The second-order valence-corrected chi connectivity index (χ2v) is 5.53. The predicted octanol–water partition coefficient (Wildman–Crippen LogP) is 1.69. The van der Waals surface area contributed by atoms with E-state index in [0.717, 1.165) is 20.8 Å². The van der Waals surface area contributed by atoms with Crippen LogP contribution in [0.2, 0.25) is 5.02 Å². The zero-order valence-electron chi connectivity index (χ0n) is 8.53. The van der Waals surface area contributed by atoms with Gasteiger partial charge in [-0.05, 0) is 0 Å². The van der Waals surface area contributed by atoms with Crippen molar-refractivity contribution in [1.29, 1.82) is 0 Å². The van der Waals surface area contributed by atoms with Crippen molar-refractivity contribution in [2.45, 2.75) is 0 Å². The van der Waals surface area contributed by atoms with Crippen LogP contribution in [0.5, 0.6) is 0 Å². The molecule has 0 atom stereocenters. The molecule has 0 fully saturated rings. The second kappa shape index (κ2) is 4.40. The van der Waals surface area contributed by atoms with E-state index in [4.69, 9.17) is 16.0 Å². The van der Waals surface area contributed by atoms with Gasteiger partial charge in [0.05, 0.1) is 0 Å². The molecule has 2 rings (SSSR count). The van der Waals surface area contributed by atoms with Crippen molar-refractivity contribution in [2.75, 3.05) is 14.1 Å². The van der Waals surface area contributed by atoms with Crippen molar-refractivity contribution in [3.05, 3.63) is 38.7 Å². The third-order valence-corrected chi connectivity index (χ3v) is 4.27. The van der Waals surface area contributed by atoms with Crippen LogP contribution in [0.15, 0.2) is 33.6 Å². The molecule has 15 heavy (non-hydrogen) atoms. The number of hydrogen-bond donors (Lipinski definition) is 0. The molecular formula is C11H11ClNOSe+. The van der Waals surface area contributed by atoms with Crippen LogP contribution in [-0.4, -0.2) is 28.6 Å². The SMILES string of the molecule is C[N+](C)=c1oc(-c2ccc(Cl)cc2)c[se]1. The van der Waals surface area contributed by atoms with E-state index in [1.54, 1.807) is 0 Å². The fraction of sp³-hybridized carbons (Fsp3) is 0.182. The summed E-state index contributed by atoms with van der Waals surface area (Å²) in [5.74, 6) is 0.940. The van der Waals surface area contributed by atoms with Crippen molar-refractivity contribution in [3.8, 4) is 11.3 Å². The van der Waals surface area contributed by atoms with Crippen LogP contribution in [0.1, 0.15) is 0 Å². The Bertz CT molecular complexity index is 520. The fourth-order valence-electron chi connectivity index (χ4n) is 1.18. The maximum absolute atomic E-state index is 5.83. The second-order valence-electron chi connectivity index (χ2n) is 3.37. The average Bonchev–Trinajstić information content (AvgIpc) is 2.68. The molecule has 0 aliphatic rings. The molecule has 0 saturated carbocycles. The quantitative estimate of drug-likeness (QED) is 0.576. The summed E-state index contributed by atoms with van der Waals surface area (Å²) >= 11 is 6.13. The van der Waals surface area contributed by atoms with Crippen LogP contribution in [0.25, 0.3) is 11.3 Å². The molecule has 2 aromatic rings. The number of nitrogens with zero attached hydrogens (tertiary/aromatic N) is 1. The molecule has 0 N–H and O–H groups in total. The molecule has 0 aliphatic heterocycles. The van der Waals surface area contributed by atoms with Crippen LogP contribution >= 0.6 is 11.6 Å². The van der Waals surface area contributed by atoms with E-state index in [1.807, 2.05) is 42.9 Å². The standard InChI is InChI=1S/C11H11ClNOSe/c1-13(2)11-14-10(7-15-11)8-3-5-9(12)6-4-8/h3-7H,1-2H3/q+1. The number of benzene rings is 1. The Balaban J connectivity index is 2.46.